The summed E-state index contributed by atoms with van der Waals surface area (Å²) in [5.74, 6) is -2.22. The van der Waals surface area contributed by atoms with Crippen molar-refractivity contribution in [3.63, 3.8) is 0 Å². The van der Waals surface area contributed by atoms with Crippen molar-refractivity contribution in [2.45, 2.75) is 6.92 Å². The number of nitro groups is 1. The van der Waals surface area contributed by atoms with E-state index in [1.807, 2.05) is 0 Å². The molecule has 0 atom stereocenters. The minimum absolute atomic E-state index is 0.0331. The average Bonchev–Trinajstić information content (AvgIpc) is 2.52. The van der Waals surface area contributed by atoms with Crippen molar-refractivity contribution in [3.05, 3.63) is 75.3 Å². The normalized spacial score (nSPS) is 11.2. The van der Waals surface area contributed by atoms with E-state index in [1.165, 1.54) is 31.2 Å². The van der Waals surface area contributed by atoms with Gasteiger partial charge in [0.25, 0.3) is 11.6 Å². The van der Waals surface area contributed by atoms with Crippen molar-refractivity contribution in [2.75, 3.05) is 0 Å². The van der Waals surface area contributed by atoms with Crippen LogP contribution in [-0.4, -0.2) is 16.5 Å². The standard InChI is InChI=1S/C15H11F2N3O3/c1-9(13-6-5-11(16)8-14(13)17)18-19-15(21)10-3-2-4-12(7-10)20(22)23/h2-8H,1H3,(H,19,21)/b18-9-. The molecule has 2 aromatic carbocycles. The third kappa shape index (κ3) is 3.94. The maximum atomic E-state index is 13.6. The third-order valence-electron chi connectivity index (χ3n) is 2.97. The van der Waals surface area contributed by atoms with Gasteiger partial charge in [-0.05, 0) is 25.1 Å². The third-order valence-corrected chi connectivity index (χ3v) is 2.97. The molecule has 0 fully saturated rings. The zero-order chi connectivity index (χ0) is 17.0. The van der Waals surface area contributed by atoms with Crippen molar-refractivity contribution in [1.82, 2.24) is 5.43 Å². The van der Waals surface area contributed by atoms with Gasteiger partial charge in [0.15, 0.2) is 0 Å². The van der Waals surface area contributed by atoms with Gasteiger partial charge >= 0.3 is 0 Å². The molecule has 0 aliphatic carbocycles. The van der Waals surface area contributed by atoms with Crippen molar-refractivity contribution in [1.29, 1.82) is 0 Å². The van der Waals surface area contributed by atoms with Crippen molar-refractivity contribution in [2.24, 2.45) is 5.10 Å². The average molecular weight is 319 g/mol. The quantitative estimate of drug-likeness (QED) is 0.534. The molecule has 23 heavy (non-hydrogen) atoms. The van der Waals surface area contributed by atoms with Crippen LogP contribution in [0.15, 0.2) is 47.6 Å². The zero-order valence-corrected chi connectivity index (χ0v) is 11.9. The first-order valence-corrected chi connectivity index (χ1v) is 6.43. The van der Waals surface area contributed by atoms with Crippen LogP contribution >= 0.6 is 0 Å². The Hall–Kier alpha value is -3.16. The number of nitrogens with zero attached hydrogens (tertiary/aromatic N) is 2. The molecule has 6 nitrogen and oxygen atoms in total. The fraction of sp³-hybridized carbons (Fsp3) is 0.0667. The molecule has 0 aliphatic heterocycles. The summed E-state index contributed by atoms with van der Waals surface area (Å²) in [6.07, 6.45) is 0. The highest BCUT2D eigenvalue weighted by molar-refractivity contribution is 6.01. The molecular weight excluding hydrogens is 308 g/mol. The van der Waals surface area contributed by atoms with Gasteiger partial charge in [-0.15, -0.1) is 0 Å². The zero-order valence-electron chi connectivity index (χ0n) is 11.9. The summed E-state index contributed by atoms with van der Waals surface area (Å²) in [4.78, 5) is 21.9. The number of nitrogens with one attached hydrogen (secondary N) is 1. The van der Waals surface area contributed by atoms with Crippen LogP contribution in [0.2, 0.25) is 0 Å². The Balaban J connectivity index is 2.17. The summed E-state index contributed by atoms with van der Waals surface area (Å²) in [7, 11) is 0. The van der Waals surface area contributed by atoms with E-state index < -0.39 is 22.5 Å². The highest BCUT2D eigenvalue weighted by atomic mass is 19.1. The van der Waals surface area contributed by atoms with Gasteiger partial charge in [0.05, 0.1) is 10.6 Å². The summed E-state index contributed by atoms with van der Waals surface area (Å²) in [5.41, 5.74) is 2.13. The summed E-state index contributed by atoms with van der Waals surface area (Å²) >= 11 is 0. The predicted molar refractivity (Wildman–Crippen MR) is 79.1 cm³/mol. The number of nitro benzene ring substituents is 1. The lowest BCUT2D eigenvalue weighted by Gasteiger charge is -2.04. The number of non-ortho nitro benzene ring substituents is 1. The Labute approximate surface area is 129 Å². The SMILES string of the molecule is C/C(=N/NC(=O)c1cccc([N+](=O)[O-])c1)c1ccc(F)cc1F. The Bertz CT molecular complexity index is 806. The van der Waals surface area contributed by atoms with E-state index in [2.05, 4.69) is 10.5 Å². The highest BCUT2D eigenvalue weighted by Crippen LogP contribution is 2.13. The van der Waals surface area contributed by atoms with Crippen LogP contribution in [0.25, 0.3) is 0 Å². The Morgan fingerprint density at radius 2 is 1.96 bits per heavy atom. The molecule has 8 heteroatoms. The van der Waals surface area contributed by atoms with Gasteiger partial charge in [-0.25, -0.2) is 14.2 Å². The Morgan fingerprint density at radius 3 is 2.61 bits per heavy atom. The minimum Gasteiger partial charge on any atom is -0.267 e. The summed E-state index contributed by atoms with van der Waals surface area (Å²) < 4.78 is 26.4. The molecule has 0 spiro atoms. The number of carbonyl (C=O) groups excluding carboxylic acids is 1. The maximum absolute atomic E-state index is 13.6. The van der Waals surface area contributed by atoms with Gasteiger partial charge in [0.2, 0.25) is 0 Å². The topological polar surface area (TPSA) is 84.6 Å². The fourth-order valence-electron chi connectivity index (χ4n) is 1.80. The summed E-state index contributed by atoms with van der Waals surface area (Å²) in [6, 6.07) is 8.06. The largest absolute Gasteiger partial charge is 0.271 e. The van der Waals surface area contributed by atoms with Gasteiger partial charge in [-0.1, -0.05) is 6.07 Å². The Kier molecular flexibility index (Phi) is 4.75. The van der Waals surface area contributed by atoms with E-state index in [1.54, 1.807) is 0 Å². The van der Waals surface area contributed by atoms with Gasteiger partial charge < -0.3 is 0 Å². The lowest BCUT2D eigenvalue weighted by Crippen LogP contribution is -2.19. The van der Waals surface area contributed by atoms with Crippen molar-refractivity contribution < 1.29 is 18.5 Å². The lowest BCUT2D eigenvalue weighted by molar-refractivity contribution is -0.384. The molecule has 2 rings (SSSR count). The number of carbonyl (C=O) groups is 1. The molecule has 1 amide bonds. The lowest BCUT2D eigenvalue weighted by atomic mass is 10.1. The van der Waals surface area contributed by atoms with Gasteiger partial charge in [0, 0.05) is 29.3 Å². The van der Waals surface area contributed by atoms with Crippen LogP contribution < -0.4 is 5.43 Å². The summed E-state index contributed by atoms with van der Waals surface area (Å²) in [5, 5.41) is 14.4. The van der Waals surface area contributed by atoms with E-state index in [0.29, 0.717) is 6.07 Å². The second-order valence-corrected chi connectivity index (χ2v) is 4.57. The van der Waals surface area contributed by atoms with Crippen LogP contribution in [0.4, 0.5) is 14.5 Å². The first-order chi connectivity index (χ1) is 10.9. The monoisotopic (exact) mass is 319 g/mol. The van der Waals surface area contributed by atoms with Crippen molar-refractivity contribution in [3.8, 4) is 0 Å². The molecule has 0 bridgehead atoms. The number of amides is 1. The Morgan fingerprint density at radius 1 is 1.22 bits per heavy atom. The van der Waals surface area contributed by atoms with Gasteiger partial charge in [-0.2, -0.15) is 5.10 Å². The van der Waals surface area contributed by atoms with E-state index in [-0.39, 0.29) is 22.5 Å². The number of hydrogen-bond donors (Lipinski definition) is 1. The van der Waals surface area contributed by atoms with Crippen LogP contribution in [0.5, 0.6) is 0 Å². The molecule has 118 valence electrons. The predicted octanol–water partition coefficient (Wildman–Crippen LogP) is 3.03. The second-order valence-electron chi connectivity index (χ2n) is 4.57. The van der Waals surface area contributed by atoms with Crippen LogP contribution in [0, 0.1) is 21.7 Å². The number of hydrogen-bond acceptors (Lipinski definition) is 4. The molecule has 1 N–H and O–H groups in total. The highest BCUT2D eigenvalue weighted by Gasteiger charge is 2.12. The summed E-state index contributed by atoms with van der Waals surface area (Å²) in [6.45, 7) is 1.43. The van der Waals surface area contributed by atoms with Crippen LogP contribution in [0.3, 0.4) is 0 Å². The number of hydrazone groups is 1. The molecule has 0 aliphatic rings. The first-order valence-electron chi connectivity index (χ1n) is 6.43. The minimum atomic E-state index is -0.809. The molecule has 0 unspecified atom stereocenters. The fourth-order valence-corrected chi connectivity index (χ4v) is 1.80. The number of halogens is 2. The smallest absolute Gasteiger partial charge is 0.267 e. The first kappa shape index (κ1) is 16.2. The van der Waals surface area contributed by atoms with E-state index >= 15 is 0 Å². The molecule has 0 aromatic heterocycles. The molecular formula is C15H11F2N3O3. The van der Waals surface area contributed by atoms with E-state index in [4.69, 9.17) is 0 Å². The molecule has 0 heterocycles. The van der Waals surface area contributed by atoms with E-state index in [9.17, 15) is 23.7 Å². The number of rotatable bonds is 4. The van der Waals surface area contributed by atoms with Crippen LogP contribution in [0.1, 0.15) is 22.8 Å². The van der Waals surface area contributed by atoms with Gasteiger partial charge in [-0.3, -0.25) is 14.9 Å². The van der Waals surface area contributed by atoms with Crippen LogP contribution in [-0.2, 0) is 0 Å². The molecule has 0 saturated heterocycles. The number of benzene rings is 2. The van der Waals surface area contributed by atoms with E-state index in [0.717, 1.165) is 12.1 Å². The molecule has 2 aromatic rings. The second kappa shape index (κ2) is 6.73. The maximum Gasteiger partial charge on any atom is 0.271 e. The van der Waals surface area contributed by atoms with Gasteiger partial charge in [0.1, 0.15) is 11.6 Å². The molecule has 0 saturated carbocycles. The van der Waals surface area contributed by atoms with Crippen molar-refractivity contribution >= 4 is 17.3 Å². The molecule has 0 radical (unpaired) electrons.